The lowest BCUT2D eigenvalue weighted by Gasteiger charge is -2.22. The average molecular weight is 466 g/mol. The fourth-order valence-corrected chi connectivity index (χ4v) is 3.74. The molecule has 0 fully saturated rings. The normalized spacial score (nSPS) is 11.5. The van der Waals surface area contributed by atoms with Gasteiger partial charge in [0.25, 0.3) is 11.8 Å². The van der Waals surface area contributed by atoms with E-state index in [1.165, 1.54) is 11.3 Å². The van der Waals surface area contributed by atoms with Gasteiger partial charge in [-0.1, -0.05) is 26.0 Å². The number of amides is 3. The first-order valence-electron chi connectivity index (χ1n) is 10.7. The van der Waals surface area contributed by atoms with Crippen molar-refractivity contribution in [2.75, 3.05) is 17.2 Å². The van der Waals surface area contributed by atoms with E-state index in [4.69, 9.17) is 4.74 Å². The second-order valence-electron chi connectivity index (χ2n) is 7.65. The molecule has 172 valence electrons. The highest BCUT2D eigenvalue weighted by atomic mass is 32.1. The Morgan fingerprint density at radius 2 is 1.61 bits per heavy atom. The molecule has 0 bridgehead atoms. The number of hydrogen-bond donors (Lipinski definition) is 3. The van der Waals surface area contributed by atoms with E-state index in [1.54, 1.807) is 54.6 Å². The smallest absolute Gasteiger partial charge is 0.265 e. The zero-order valence-corrected chi connectivity index (χ0v) is 19.6. The van der Waals surface area contributed by atoms with Gasteiger partial charge in [0, 0.05) is 16.9 Å². The average Bonchev–Trinajstić information content (AvgIpc) is 3.33. The maximum atomic E-state index is 12.9. The molecular formula is C25H27N3O4S. The van der Waals surface area contributed by atoms with Gasteiger partial charge >= 0.3 is 0 Å². The van der Waals surface area contributed by atoms with Gasteiger partial charge in [-0.2, -0.15) is 0 Å². The third-order valence-corrected chi connectivity index (χ3v) is 5.66. The number of carbonyl (C=O) groups is 3. The lowest BCUT2D eigenvalue weighted by molar-refractivity contribution is -0.118. The Labute approximate surface area is 197 Å². The van der Waals surface area contributed by atoms with E-state index >= 15 is 0 Å². The number of benzene rings is 2. The Morgan fingerprint density at radius 3 is 2.21 bits per heavy atom. The molecule has 0 saturated heterocycles. The highest BCUT2D eigenvalue weighted by Gasteiger charge is 2.25. The number of nitrogens with one attached hydrogen (secondary N) is 3. The number of carbonyl (C=O) groups excluding carboxylic acids is 3. The van der Waals surface area contributed by atoms with E-state index in [0.29, 0.717) is 34.2 Å². The number of rotatable bonds is 9. The molecule has 0 spiro atoms. The molecule has 1 aromatic heterocycles. The molecule has 2 aromatic carbocycles. The maximum Gasteiger partial charge on any atom is 0.265 e. The maximum absolute atomic E-state index is 12.9. The molecule has 8 heteroatoms. The van der Waals surface area contributed by atoms with Crippen LogP contribution in [0, 0.1) is 5.92 Å². The minimum absolute atomic E-state index is 0.140. The quantitative estimate of drug-likeness (QED) is 0.423. The summed E-state index contributed by atoms with van der Waals surface area (Å²) in [6, 6.07) is 16.5. The van der Waals surface area contributed by atoms with Crippen LogP contribution in [0.3, 0.4) is 0 Å². The Morgan fingerprint density at radius 1 is 0.909 bits per heavy atom. The van der Waals surface area contributed by atoms with Gasteiger partial charge in [-0.15, -0.1) is 11.3 Å². The van der Waals surface area contributed by atoms with Crippen molar-refractivity contribution in [1.29, 1.82) is 0 Å². The number of ether oxygens (including phenoxy) is 1. The molecule has 33 heavy (non-hydrogen) atoms. The van der Waals surface area contributed by atoms with E-state index in [9.17, 15) is 14.4 Å². The van der Waals surface area contributed by atoms with Crippen molar-refractivity contribution in [2.24, 2.45) is 5.92 Å². The first-order valence-corrected chi connectivity index (χ1v) is 11.5. The molecule has 1 heterocycles. The van der Waals surface area contributed by atoms with Crippen molar-refractivity contribution >= 4 is 40.4 Å². The van der Waals surface area contributed by atoms with Gasteiger partial charge in [-0.05, 0) is 66.8 Å². The van der Waals surface area contributed by atoms with E-state index in [0.717, 1.165) is 0 Å². The van der Waals surface area contributed by atoms with Crippen LogP contribution in [0.15, 0.2) is 66.0 Å². The summed E-state index contributed by atoms with van der Waals surface area (Å²) in [4.78, 5) is 38.5. The number of thiophene rings is 1. The summed E-state index contributed by atoms with van der Waals surface area (Å²) < 4.78 is 5.40. The second kappa shape index (κ2) is 11.3. The third-order valence-electron chi connectivity index (χ3n) is 4.80. The van der Waals surface area contributed by atoms with Crippen molar-refractivity contribution in [3.63, 3.8) is 0 Å². The molecule has 3 N–H and O–H groups in total. The SMILES string of the molecule is CCOc1ccc(C(=O)NC(C(=O)Nc2cccc(NC(=O)c3cccs3)c2)C(C)C)cc1. The van der Waals surface area contributed by atoms with Gasteiger partial charge in [-0.3, -0.25) is 14.4 Å². The second-order valence-corrected chi connectivity index (χ2v) is 8.60. The minimum atomic E-state index is -0.742. The Balaban J connectivity index is 1.65. The lowest BCUT2D eigenvalue weighted by Crippen LogP contribution is -2.47. The lowest BCUT2D eigenvalue weighted by atomic mass is 10.0. The zero-order chi connectivity index (χ0) is 23.8. The van der Waals surface area contributed by atoms with Crippen molar-refractivity contribution in [1.82, 2.24) is 5.32 Å². The monoisotopic (exact) mass is 465 g/mol. The first-order chi connectivity index (χ1) is 15.9. The third kappa shape index (κ3) is 6.66. The Hall–Kier alpha value is -3.65. The fraction of sp³-hybridized carbons (Fsp3) is 0.240. The van der Waals surface area contributed by atoms with Gasteiger partial charge in [0.2, 0.25) is 5.91 Å². The molecule has 3 amide bonds. The Bertz CT molecular complexity index is 1100. The highest BCUT2D eigenvalue weighted by Crippen LogP contribution is 2.19. The molecular weight excluding hydrogens is 438 g/mol. The van der Waals surface area contributed by atoms with Crippen LogP contribution < -0.4 is 20.7 Å². The van der Waals surface area contributed by atoms with E-state index in [-0.39, 0.29) is 23.6 Å². The van der Waals surface area contributed by atoms with Crippen LogP contribution in [-0.4, -0.2) is 30.4 Å². The fourth-order valence-electron chi connectivity index (χ4n) is 3.12. The van der Waals surface area contributed by atoms with E-state index in [2.05, 4.69) is 16.0 Å². The summed E-state index contributed by atoms with van der Waals surface area (Å²) in [5, 5.41) is 10.3. The van der Waals surface area contributed by atoms with E-state index in [1.807, 2.05) is 32.2 Å². The first kappa shape index (κ1) is 24.0. The van der Waals surface area contributed by atoms with Crippen molar-refractivity contribution < 1.29 is 19.1 Å². The molecule has 0 radical (unpaired) electrons. The summed E-state index contributed by atoms with van der Waals surface area (Å²) in [5.74, 6) is -0.359. The summed E-state index contributed by atoms with van der Waals surface area (Å²) in [6.07, 6.45) is 0. The summed E-state index contributed by atoms with van der Waals surface area (Å²) in [5.41, 5.74) is 1.52. The van der Waals surface area contributed by atoms with Crippen LogP contribution in [0.25, 0.3) is 0 Å². The molecule has 0 aliphatic heterocycles. The summed E-state index contributed by atoms with van der Waals surface area (Å²) >= 11 is 1.35. The largest absolute Gasteiger partial charge is 0.494 e. The minimum Gasteiger partial charge on any atom is -0.494 e. The summed E-state index contributed by atoms with van der Waals surface area (Å²) in [7, 11) is 0. The Kier molecular flexibility index (Phi) is 8.21. The van der Waals surface area contributed by atoms with Crippen LogP contribution in [-0.2, 0) is 4.79 Å². The molecule has 3 rings (SSSR count). The van der Waals surface area contributed by atoms with Gasteiger partial charge in [0.15, 0.2) is 0 Å². The zero-order valence-electron chi connectivity index (χ0n) is 18.8. The van der Waals surface area contributed by atoms with Crippen LogP contribution in [0.2, 0.25) is 0 Å². The molecule has 0 aliphatic carbocycles. The molecule has 3 aromatic rings. The molecule has 7 nitrogen and oxygen atoms in total. The molecule has 1 unspecified atom stereocenters. The number of hydrogen-bond acceptors (Lipinski definition) is 5. The highest BCUT2D eigenvalue weighted by molar-refractivity contribution is 7.12. The van der Waals surface area contributed by atoms with Crippen molar-refractivity contribution in [3.05, 3.63) is 76.5 Å². The van der Waals surface area contributed by atoms with Gasteiger partial charge in [0.1, 0.15) is 11.8 Å². The van der Waals surface area contributed by atoms with Crippen LogP contribution >= 0.6 is 11.3 Å². The van der Waals surface area contributed by atoms with Gasteiger partial charge < -0.3 is 20.7 Å². The van der Waals surface area contributed by atoms with Crippen molar-refractivity contribution in [3.8, 4) is 5.75 Å². The summed E-state index contributed by atoms with van der Waals surface area (Å²) in [6.45, 7) is 6.15. The molecule has 0 saturated carbocycles. The van der Waals surface area contributed by atoms with Crippen LogP contribution in [0.4, 0.5) is 11.4 Å². The van der Waals surface area contributed by atoms with Gasteiger partial charge in [0.05, 0.1) is 11.5 Å². The van der Waals surface area contributed by atoms with Crippen molar-refractivity contribution in [2.45, 2.75) is 26.8 Å². The predicted octanol–water partition coefficient (Wildman–Crippen LogP) is 4.79. The molecule has 1 atom stereocenters. The number of anilines is 2. The predicted molar refractivity (Wildman–Crippen MR) is 131 cm³/mol. The van der Waals surface area contributed by atoms with Crippen LogP contribution in [0.1, 0.15) is 40.8 Å². The standard InChI is InChI=1S/C25H27N3O4S/c1-4-32-20-12-10-17(11-13-20)23(29)28-22(16(2)3)25(31)27-19-8-5-7-18(15-19)26-24(30)21-9-6-14-33-21/h5-16,22H,4H2,1-3H3,(H,26,30)(H,27,31)(H,28,29). The molecule has 0 aliphatic rings. The van der Waals surface area contributed by atoms with Gasteiger partial charge in [-0.25, -0.2) is 0 Å². The van der Waals surface area contributed by atoms with E-state index < -0.39 is 6.04 Å². The topological polar surface area (TPSA) is 96.5 Å². The van der Waals surface area contributed by atoms with Crippen LogP contribution in [0.5, 0.6) is 5.75 Å².